The fourth-order valence-electron chi connectivity index (χ4n) is 1.73. The standard InChI is InChI=1S/C14H13N3O5S/c1-8-3-4-9(2)10(5-8)13(19)22-7-11(18)16-14-15-6-12(23-14)17(20)21/h3-6H,7H2,1-2H3,(H,15,16,18). The summed E-state index contributed by atoms with van der Waals surface area (Å²) in [5.74, 6) is -1.22. The molecule has 0 aliphatic rings. The summed E-state index contributed by atoms with van der Waals surface area (Å²) in [6, 6.07) is 5.34. The fourth-order valence-corrected chi connectivity index (χ4v) is 2.38. The third-order valence-corrected chi connectivity index (χ3v) is 3.73. The second-order valence-corrected chi connectivity index (χ2v) is 5.71. The van der Waals surface area contributed by atoms with Gasteiger partial charge < -0.3 is 4.74 Å². The monoisotopic (exact) mass is 335 g/mol. The summed E-state index contributed by atoms with van der Waals surface area (Å²) in [5, 5.41) is 12.7. The number of carbonyl (C=O) groups excluding carboxylic acids is 2. The van der Waals surface area contributed by atoms with Gasteiger partial charge in [-0.1, -0.05) is 17.7 Å². The van der Waals surface area contributed by atoms with Gasteiger partial charge in [-0.05, 0) is 36.8 Å². The summed E-state index contributed by atoms with van der Waals surface area (Å²) in [4.78, 5) is 37.3. The van der Waals surface area contributed by atoms with Gasteiger partial charge in [0, 0.05) is 0 Å². The summed E-state index contributed by atoms with van der Waals surface area (Å²) in [6.07, 6.45) is 1.04. The van der Waals surface area contributed by atoms with Crippen LogP contribution >= 0.6 is 11.3 Å². The minimum absolute atomic E-state index is 0.0736. The van der Waals surface area contributed by atoms with Crippen molar-refractivity contribution in [1.82, 2.24) is 4.98 Å². The van der Waals surface area contributed by atoms with Crippen molar-refractivity contribution in [3.05, 3.63) is 51.2 Å². The molecule has 1 heterocycles. The molecule has 0 atom stereocenters. The largest absolute Gasteiger partial charge is 0.452 e. The Bertz CT molecular complexity index is 772. The van der Waals surface area contributed by atoms with Gasteiger partial charge in [-0.2, -0.15) is 0 Å². The predicted octanol–water partition coefficient (Wildman–Crippen LogP) is 2.46. The number of nitrogens with one attached hydrogen (secondary N) is 1. The number of hydrogen-bond donors (Lipinski definition) is 1. The van der Waals surface area contributed by atoms with E-state index in [-0.39, 0.29) is 10.1 Å². The number of aryl methyl sites for hydroxylation is 2. The first kappa shape index (κ1) is 16.6. The minimum Gasteiger partial charge on any atom is -0.452 e. The van der Waals surface area contributed by atoms with Crippen LogP contribution in [-0.2, 0) is 9.53 Å². The minimum atomic E-state index is -0.618. The van der Waals surface area contributed by atoms with E-state index in [0.717, 1.165) is 28.7 Å². The van der Waals surface area contributed by atoms with Gasteiger partial charge in [-0.15, -0.1) is 0 Å². The zero-order valence-electron chi connectivity index (χ0n) is 12.4. The molecule has 1 aromatic carbocycles. The maximum atomic E-state index is 12.0. The molecule has 1 amide bonds. The first-order chi connectivity index (χ1) is 10.9. The molecule has 0 aliphatic carbocycles. The van der Waals surface area contributed by atoms with Gasteiger partial charge in [0.05, 0.1) is 10.5 Å². The topological polar surface area (TPSA) is 111 Å². The van der Waals surface area contributed by atoms with Gasteiger partial charge in [0.2, 0.25) is 0 Å². The van der Waals surface area contributed by atoms with Crippen LogP contribution in [0.3, 0.4) is 0 Å². The molecule has 0 fully saturated rings. The number of anilines is 1. The van der Waals surface area contributed by atoms with E-state index in [1.165, 1.54) is 0 Å². The van der Waals surface area contributed by atoms with E-state index >= 15 is 0 Å². The van der Waals surface area contributed by atoms with Crippen molar-refractivity contribution < 1.29 is 19.2 Å². The average Bonchev–Trinajstić information content (AvgIpc) is 2.96. The Kier molecular flexibility index (Phi) is 5.02. The highest BCUT2D eigenvalue weighted by Gasteiger charge is 2.16. The highest BCUT2D eigenvalue weighted by molar-refractivity contribution is 7.18. The van der Waals surface area contributed by atoms with Crippen molar-refractivity contribution in [2.75, 3.05) is 11.9 Å². The van der Waals surface area contributed by atoms with Crippen molar-refractivity contribution in [2.24, 2.45) is 0 Å². The maximum Gasteiger partial charge on any atom is 0.345 e. The molecule has 1 aromatic heterocycles. The Hall–Kier alpha value is -2.81. The van der Waals surface area contributed by atoms with Gasteiger partial charge in [0.25, 0.3) is 5.91 Å². The summed E-state index contributed by atoms with van der Waals surface area (Å²) in [6.45, 7) is 3.11. The maximum absolute atomic E-state index is 12.0. The molecule has 120 valence electrons. The Balaban J connectivity index is 1.92. The molecule has 1 N–H and O–H groups in total. The normalized spacial score (nSPS) is 10.2. The number of aromatic nitrogens is 1. The van der Waals surface area contributed by atoms with Gasteiger partial charge >= 0.3 is 11.0 Å². The van der Waals surface area contributed by atoms with Crippen molar-refractivity contribution >= 4 is 33.3 Å². The number of thiazole rings is 1. The van der Waals surface area contributed by atoms with Crippen molar-refractivity contribution in [2.45, 2.75) is 13.8 Å². The Morgan fingerprint density at radius 2 is 2.13 bits per heavy atom. The predicted molar refractivity (Wildman–Crippen MR) is 83.6 cm³/mol. The molecule has 2 rings (SSSR count). The smallest absolute Gasteiger partial charge is 0.345 e. The van der Waals surface area contributed by atoms with E-state index in [1.807, 2.05) is 13.0 Å². The average molecular weight is 335 g/mol. The molecule has 0 unspecified atom stereocenters. The summed E-state index contributed by atoms with van der Waals surface area (Å²) >= 11 is 0.722. The molecule has 0 aliphatic heterocycles. The Morgan fingerprint density at radius 1 is 1.39 bits per heavy atom. The van der Waals surface area contributed by atoms with Crippen LogP contribution in [0.25, 0.3) is 0 Å². The van der Waals surface area contributed by atoms with Crippen LogP contribution in [0.4, 0.5) is 10.1 Å². The quantitative estimate of drug-likeness (QED) is 0.510. The molecule has 9 heteroatoms. The number of hydrogen-bond acceptors (Lipinski definition) is 7. The van der Waals surface area contributed by atoms with Gasteiger partial charge in [-0.3, -0.25) is 20.2 Å². The summed E-state index contributed by atoms with van der Waals surface area (Å²) in [7, 11) is 0. The first-order valence-corrected chi connectivity index (χ1v) is 7.33. The van der Waals surface area contributed by atoms with Crippen LogP contribution in [0.5, 0.6) is 0 Å². The molecule has 0 bridgehead atoms. The molecule has 0 saturated heterocycles. The zero-order chi connectivity index (χ0) is 17.0. The number of rotatable bonds is 5. The lowest BCUT2D eigenvalue weighted by atomic mass is 10.1. The highest BCUT2D eigenvalue weighted by atomic mass is 32.1. The molecule has 0 spiro atoms. The molecule has 8 nitrogen and oxygen atoms in total. The third-order valence-electron chi connectivity index (χ3n) is 2.87. The van der Waals surface area contributed by atoms with Crippen LogP contribution in [0.2, 0.25) is 0 Å². The second kappa shape index (κ2) is 6.97. The molecule has 2 aromatic rings. The van der Waals surface area contributed by atoms with Crippen LogP contribution in [-0.4, -0.2) is 28.4 Å². The van der Waals surface area contributed by atoms with Gasteiger partial charge in [0.15, 0.2) is 11.7 Å². The lowest BCUT2D eigenvalue weighted by Crippen LogP contribution is -2.21. The van der Waals surface area contributed by atoms with Crippen molar-refractivity contribution in [3.8, 4) is 0 Å². The van der Waals surface area contributed by atoms with Crippen LogP contribution < -0.4 is 5.32 Å². The van der Waals surface area contributed by atoms with Crippen LogP contribution in [0.1, 0.15) is 21.5 Å². The fraction of sp³-hybridized carbons (Fsp3) is 0.214. The van der Waals surface area contributed by atoms with E-state index in [0.29, 0.717) is 5.56 Å². The number of esters is 1. The molecule has 23 heavy (non-hydrogen) atoms. The van der Waals surface area contributed by atoms with E-state index < -0.39 is 23.4 Å². The molecular formula is C14H13N3O5S. The van der Waals surface area contributed by atoms with E-state index in [9.17, 15) is 19.7 Å². The number of nitro groups is 1. The van der Waals surface area contributed by atoms with Crippen LogP contribution in [0, 0.1) is 24.0 Å². The van der Waals surface area contributed by atoms with E-state index in [2.05, 4.69) is 10.3 Å². The Labute approximate surface area is 135 Å². The lowest BCUT2D eigenvalue weighted by molar-refractivity contribution is -0.380. The van der Waals surface area contributed by atoms with E-state index in [1.54, 1.807) is 19.1 Å². The number of carbonyl (C=O) groups is 2. The Morgan fingerprint density at radius 3 is 2.78 bits per heavy atom. The number of nitrogens with zero attached hydrogens (tertiary/aromatic N) is 2. The number of amides is 1. The summed E-state index contributed by atoms with van der Waals surface area (Å²) in [5.41, 5.74) is 2.04. The SMILES string of the molecule is Cc1ccc(C)c(C(=O)OCC(=O)Nc2ncc([N+](=O)[O-])s2)c1. The van der Waals surface area contributed by atoms with Crippen molar-refractivity contribution in [3.63, 3.8) is 0 Å². The van der Waals surface area contributed by atoms with Crippen LogP contribution in [0.15, 0.2) is 24.4 Å². The number of ether oxygens (including phenoxy) is 1. The number of benzene rings is 1. The van der Waals surface area contributed by atoms with E-state index in [4.69, 9.17) is 4.74 Å². The second-order valence-electron chi connectivity index (χ2n) is 4.70. The molecule has 0 radical (unpaired) electrons. The van der Waals surface area contributed by atoms with Crippen molar-refractivity contribution in [1.29, 1.82) is 0 Å². The zero-order valence-corrected chi connectivity index (χ0v) is 13.2. The summed E-state index contributed by atoms with van der Waals surface area (Å²) < 4.78 is 4.94. The first-order valence-electron chi connectivity index (χ1n) is 6.51. The molecule has 0 saturated carbocycles. The van der Waals surface area contributed by atoms with Gasteiger partial charge in [0.1, 0.15) is 6.20 Å². The third kappa shape index (κ3) is 4.33. The lowest BCUT2D eigenvalue weighted by Gasteiger charge is -2.07. The molecular weight excluding hydrogens is 322 g/mol. The highest BCUT2D eigenvalue weighted by Crippen LogP contribution is 2.24. The van der Waals surface area contributed by atoms with Gasteiger partial charge in [-0.25, -0.2) is 9.78 Å².